The standard InChI is InChI=1S/C11H19N3O2/c1-3-4-9(16-2)11-13-8(5-6-12)7-10(15)14-11/h7,9H,3-6,12H2,1-2H3,(H,13,14,15). The third-order valence-corrected chi connectivity index (χ3v) is 2.35. The zero-order chi connectivity index (χ0) is 12.0. The summed E-state index contributed by atoms with van der Waals surface area (Å²) < 4.78 is 5.30. The maximum Gasteiger partial charge on any atom is 0.251 e. The number of methoxy groups -OCH3 is 1. The van der Waals surface area contributed by atoms with Crippen LogP contribution in [-0.4, -0.2) is 23.6 Å². The summed E-state index contributed by atoms with van der Waals surface area (Å²) in [7, 11) is 1.62. The zero-order valence-corrected chi connectivity index (χ0v) is 9.82. The number of aromatic nitrogens is 2. The van der Waals surface area contributed by atoms with Crippen LogP contribution in [0.15, 0.2) is 10.9 Å². The number of hydrogen-bond donors (Lipinski definition) is 2. The van der Waals surface area contributed by atoms with E-state index in [2.05, 4.69) is 16.9 Å². The molecule has 1 unspecified atom stereocenters. The lowest BCUT2D eigenvalue weighted by Gasteiger charge is -2.13. The molecular weight excluding hydrogens is 206 g/mol. The summed E-state index contributed by atoms with van der Waals surface area (Å²) in [5.41, 5.74) is 6.02. The maximum atomic E-state index is 11.4. The fraction of sp³-hybridized carbons (Fsp3) is 0.636. The molecule has 1 aromatic rings. The highest BCUT2D eigenvalue weighted by Gasteiger charge is 2.13. The Morgan fingerprint density at radius 2 is 2.38 bits per heavy atom. The molecule has 0 fully saturated rings. The highest BCUT2D eigenvalue weighted by molar-refractivity contribution is 5.05. The van der Waals surface area contributed by atoms with E-state index in [1.54, 1.807) is 7.11 Å². The molecule has 5 heteroatoms. The molecule has 0 radical (unpaired) electrons. The van der Waals surface area contributed by atoms with Crippen molar-refractivity contribution in [3.8, 4) is 0 Å². The van der Waals surface area contributed by atoms with Crippen LogP contribution in [-0.2, 0) is 11.2 Å². The van der Waals surface area contributed by atoms with Crippen LogP contribution in [0.25, 0.3) is 0 Å². The van der Waals surface area contributed by atoms with Crippen molar-refractivity contribution in [2.45, 2.75) is 32.3 Å². The minimum absolute atomic E-state index is 0.143. The van der Waals surface area contributed by atoms with E-state index in [1.807, 2.05) is 0 Å². The molecule has 1 aromatic heterocycles. The molecule has 0 aromatic carbocycles. The predicted octanol–water partition coefficient (Wildman–Crippen LogP) is 0.759. The number of nitrogens with two attached hydrogens (primary N) is 1. The summed E-state index contributed by atoms with van der Waals surface area (Å²) in [4.78, 5) is 18.5. The molecule has 0 spiro atoms. The Morgan fingerprint density at radius 3 is 2.94 bits per heavy atom. The molecule has 0 saturated carbocycles. The van der Waals surface area contributed by atoms with Gasteiger partial charge in [0.15, 0.2) is 0 Å². The van der Waals surface area contributed by atoms with Crippen molar-refractivity contribution in [3.63, 3.8) is 0 Å². The van der Waals surface area contributed by atoms with Crippen molar-refractivity contribution in [3.05, 3.63) is 27.9 Å². The van der Waals surface area contributed by atoms with Crippen molar-refractivity contribution >= 4 is 0 Å². The smallest absolute Gasteiger partial charge is 0.251 e. The summed E-state index contributed by atoms with van der Waals surface area (Å²) in [5, 5.41) is 0. The van der Waals surface area contributed by atoms with Crippen LogP contribution in [0.3, 0.4) is 0 Å². The van der Waals surface area contributed by atoms with Crippen LogP contribution in [0, 0.1) is 0 Å². The summed E-state index contributed by atoms with van der Waals surface area (Å²) in [6.07, 6.45) is 2.28. The van der Waals surface area contributed by atoms with Gasteiger partial charge in [-0.1, -0.05) is 13.3 Å². The van der Waals surface area contributed by atoms with Crippen LogP contribution in [0.2, 0.25) is 0 Å². The second-order valence-corrected chi connectivity index (χ2v) is 3.67. The molecule has 5 nitrogen and oxygen atoms in total. The van der Waals surface area contributed by atoms with Gasteiger partial charge in [0.25, 0.3) is 5.56 Å². The largest absolute Gasteiger partial charge is 0.374 e. The molecule has 0 aliphatic rings. The van der Waals surface area contributed by atoms with Gasteiger partial charge in [-0.15, -0.1) is 0 Å². The van der Waals surface area contributed by atoms with Gasteiger partial charge >= 0.3 is 0 Å². The van der Waals surface area contributed by atoms with E-state index in [4.69, 9.17) is 10.5 Å². The zero-order valence-electron chi connectivity index (χ0n) is 9.82. The predicted molar refractivity (Wildman–Crippen MR) is 62.3 cm³/mol. The van der Waals surface area contributed by atoms with E-state index in [-0.39, 0.29) is 11.7 Å². The monoisotopic (exact) mass is 225 g/mol. The Kier molecular flexibility index (Phi) is 5.14. The number of nitrogens with one attached hydrogen (secondary N) is 1. The van der Waals surface area contributed by atoms with Crippen LogP contribution in [0.1, 0.15) is 37.4 Å². The molecule has 0 aliphatic heterocycles. The second-order valence-electron chi connectivity index (χ2n) is 3.67. The van der Waals surface area contributed by atoms with E-state index in [9.17, 15) is 4.79 Å². The Balaban J connectivity index is 2.97. The Labute approximate surface area is 95.0 Å². The van der Waals surface area contributed by atoms with Crippen LogP contribution < -0.4 is 11.3 Å². The average Bonchev–Trinajstić information content (AvgIpc) is 2.25. The molecule has 0 saturated heterocycles. The van der Waals surface area contributed by atoms with Gasteiger partial charge in [-0.2, -0.15) is 0 Å². The van der Waals surface area contributed by atoms with Crippen LogP contribution >= 0.6 is 0 Å². The van der Waals surface area contributed by atoms with Gasteiger partial charge in [-0.05, 0) is 13.0 Å². The highest BCUT2D eigenvalue weighted by atomic mass is 16.5. The lowest BCUT2D eigenvalue weighted by atomic mass is 10.2. The first-order chi connectivity index (χ1) is 7.71. The Bertz CT molecular complexity index is 376. The number of H-pyrrole nitrogens is 1. The molecule has 0 amide bonds. The topological polar surface area (TPSA) is 81.0 Å². The first-order valence-corrected chi connectivity index (χ1v) is 5.54. The lowest BCUT2D eigenvalue weighted by Crippen LogP contribution is -2.18. The molecule has 3 N–H and O–H groups in total. The fourth-order valence-electron chi connectivity index (χ4n) is 1.59. The number of aromatic amines is 1. The molecule has 0 aliphatic carbocycles. The number of ether oxygens (including phenoxy) is 1. The average molecular weight is 225 g/mol. The van der Waals surface area contributed by atoms with E-state index >= 15 is 0 Å². The third-order valence-electron chi connectivity index (χ3n) is 2.35. The maximum absolute atomic E-state index is 11.4. The van der Waals surface area contributed by atoms with Crippen molar-refractivity contribution in [1.29, 1.82) is 0 Å². The molecule has 1 heterocycles. The summed E-state index contributed by atoms with van der Waals surface area (Å²) in [5.74, 6) is 0.598. The lowest BCUT2D eigenvalue weighted by molar-refractivity contribution is 0.0872. The summed E-state index contributed by atoms with van der Waals surface area (Å²) >= 11 is 0. The van der Waals surface area contributed by atoms with Gasteiger partial charge in [-0.25, -0.2) is 4.98 Å². The van der Waals surface area contributed by atoms with Gasteiger partial charge < -0.3 is 15.5 Å². The number of rotatable bonds is 6. The molecule has 90 valence electrons. The quantitative estimate of drug-likeness (QED) is 0.749. The number of nitrogens with zero attached hydrogens (tertiary/aromatic N) is 1. The normalized spacial score (nSPS) is 12.7. The van der Waals surface area contributed by atoms with Crippen molar-refractivity contribution in [2.75, 3.05) is 13.7 Å². The second kappa shape index (κ2) is 6.40. The van der Waals surface area contributed by atoms with E-state index < -0.39 is 0 Å². The Morgan fingerprint density at radius 1 is 1.62 bits per heavy atom. The molecule has 1 atom stereocenters. The first-order valence-electron chi connectivity index (χ1n) is 5.54. The van der Waals surface area contributed by atoms with Crippen molar-refractivity contribution in [1.82, 2.24) is 9.97 Å². The van der Waals surface area contributed by atoms with E-state index in [0.717, 1.165) is 18.5 Å². The minimum Gasteiger partial charge on any atom is -0.374 e. The molecule has 0 bridgehead atoms. The van der Waals surface area contributed by atoms with E-state index in [0.29, 0.717) is 18.8 Å². The van der Waals surface area contributed by atoms with Gasteiger partial charge in [0.2, 0.25) is 0 Å². The highest BCUT2D eigenvalue weighted by Crippen LogP contribution is 2.17. The first kappa shape index (κ1) is 12.9. The van der Waals surface area contributed by atoms with Gasteiger partial charge in [0, 0.05) is 25.3 Å². The van der Waals surface area contributed by atoms with Gasteiger partial charge in [0.1, 0.15) is 11.9 Å². The Hall–Kier alpha value is -1.20. The van der Waals surface area contributed by atoms with Crippen molar-refractivity contribution < 1.29 is 4.74 Å². The minimum atomic E-state index is -0.147. The number of hydrogen-bond acceptors (Lipinski definition) is 4. The molecule has 1 rings (SSSR count). The van der Waals surface area contributed by atoms with Crippen molar-refractivity contribution in [2.24, 2.45) is 5.73 Å². The van der Waals surface area contributed by atoms with E-state index in [1.165, 1.54) is 6.07 Å². The van der Waals surface area contributed by atoms with Gasteiger partial charge in [-0.3, -0.25) is 4.79 Å². The summed E-state index contributed by atoms with van der Waals surface area (Å²) in [6, 6.07) is 1.48. The van der Waals surface area contributed by atoms with Crippen LogP contribution in [0.4, 0.5) is 0 Å². The third kappa shape index (κ3) is 3.43. The summed E-state index contributed by atoms with van der Waals surface area (Å²) in [6.45, 7) is 2.55. The van der Waals surface area contributed by atoms with Gasteiger partial charge in [0.05, 0.1) is 0 Å². The SMILES string of the molecule is CCCC(OC)c1nc(CCN)cc(=O)[nH]1. The molecule has 16 heavy (non-hydrogen) atoms. The fourth-order valence-corrected chi connectivity index (χ4v) is 1.59. The van der Waals surface area contributed by atoms with Crippen LogP contribution in [0.5, 0.6) is 0 Å². The molecular formula is C11H19N3O2.